The molecular weight excluding hydrogens is 208 g/mol. The molecule has 1 atom stereocenters. The molecule has 0 amide bonds. The molecule has 0 heterocycles. The Balaban J connectivity index is 2.45. The smallest absolute Gasteiger partial charge is 0.156 e. The van der Waals surface area contributed by atoms with Crippen molar-refractivity contribution in [1.82, 2.24) is 0 Å². The molecular formula is C13H15ClO. The lowest BCUT2D eigenvalue weighted by molar-refractivity contribution is -0.115. The van der Waals surface area contributed by atoms with E-state index in [9.17, 15) is 4.79 Å². The molecule has 0 aromatic carbocycles. The molecule has 2 aliphatic rings. The summed E-state index contributed by atoms with van der Waals surface area (Å²) in [6.45, 7) is 2.22. The van der Waals surface area contributed by atoms with E-state index < -0.39 is 0 Å². The van der Waals surface area contributed by atoms with Crippen molar-refractivity contribution in [2.45, 2.75) is 26.2 Å². The summed E-state index contributed by atoms with van der Waals surface area (Å²) in [6.07, 6.45) is 10.6. The van der Waals surface area contributed by atoms with Crippen molar-refractivity contribution in [2.24, 2.45) is 5.41 Å². The zero-order chi connectivity index (χ0) is 10.9. The van der Waals surface area contributed by atoms with E-state index in [0.29, 0.717) is 12.3 Å². The summed E-state index contributed by atoms with van der Waals surface area (Å²) in [4.78, 5) is 11.4. The molecule has 0 aliphatic heterocycles. The zero-order valence-corrected chi connectivity index (χ0v) is 9.68. The quantitative estimate of drug-likeness (QED) is 0.491. The second-order valence-electron chi connectivity index (χ2n) is 4.39. The van der Waals surface area contributed by atoms with Gasteiger partial charge in [0.05, 0.1) is 0 Å². The van der Waals surface area contributed by atoms with Crippen LogP contribution in [-0.2, 0) is 4.79 Å². The van der Waals surface area contributed by atoms with E-state index in [2.05, 4.69) is 25.2 Å². The maximum absolute atomic E-state index is 11.4. The van der Waals surface area contributed by atoms with Crippen LogP contribution in [-0.4, -0.2) is 11.7 Å². The van der Waals surface area contributed by atoms with Crippen LogP contribution in [0.2, 0.25) is 0 Å². The van der Waals surface area contributed by atoms with E-state index in [1.165, 1.54) is 5.57 Å². The predicted octanol–water partition coefficient (Wildman–Crippen LogP) is 3.41. The van der Waals surface area contributed by atoms with Gasteiger partial charge in [-0.15, -0.1) is 11.6 Å². The molecule has 0 saturated heterocycles. The number of ketones is 1. The molecule has 0 fully saturated rings. The SMILES string of the molecule is CC12CCC(=O)C=C1C=CC/C2=C/CCl. The molecule has 1 nitrogen and oxygen atoms in total. The molecule has 0 saturated carbocycles. The van der Waals surface area contributed by atoms with Gasteiger partial charge >= 0.3 is 0 Å². The monoisotopic (exact) mass is 222 g/mol. The molecule has 0 radical (unpaired) electrons. The van der Waals surface area contributed by atoms with E-state index in [-0.39, 0.29) is 11.2 Å². The molecule has 2 rings (SSSR count). The molecule has 1 unspecified atom stereocenters. The van der Waals surface area contributed by atoms with Crippen LogP contribution >= 0.6 is 11.6 Å². The van der Waals surface area contributed by atoms with Crippen LogP contribution in [0.15, 0.2) is 35.5 Å². The lowest BCUT2D eigenvalue weighted by atomic mass is 9.65. The number of alkyl halides is 1. The Morgan fingerprint density at radius 3 is 3.13 bits per heavy atom. The second kappa shape index (κ2) is 3.97. The van der Waals surface area contributed by atoms with Crippen LogP contribution in [0, 0.1) is 5.41 Å². The Labute approximate surface area is 95.5 Å². The van der Waals surface area contributed by atoms with Gasteiger partial charge in [0.2, 0.25) is 0 Å². The number of rotatable bonds is 1. The van der Waals surface area contributed by atoms with E-state index in [1.807, 2.05) is 0 Å². The normalized spacial score (nSPS) is 32.8. The minimum atomic E-state index is 0.0531. The van der Waals surface area contributed by atoms with Crippen molar-refractivity contribution < 1.29 is 4.79 Å². The summed E-state index contributed by atoms with van der Waals surface area (Å²) >= 11 is 5.77. The first-order valence-electron chi connectivity index (χ1n) is 5.34. The van der Waals surface area contributed by atoms with Gasteiger partial charge in [-0.2, -0.15) is 0 Å². The van der Waals surface area contributed by atoms with Crippen LogP contribution in [0.3, 0.4) is 0 Å². The summed E-state index contributed by atoms with van der Waals surface area (Å²) in [5.74, 6) is 0.805. The molecule has 2 aliphatic carbocycles. The average Bonchev–Trinajstić information content (AvgIpc) is 2.21. The summed E-state index contributed by atoms with van der Waals surface area (Å²) in [7, 11) is 0. The standard InChI is InChI=1S/C13H15ClO/c1-13-7-5-12(15)9-11(13)4-2-3-10(13)6-8-14/h2,4,6,9H,3,5,7-8H2,1H3/b10-6-. The van der Waals surface area contributed by atoms with Gasteiger partial charge in [-0.1, -0.05) is 30.7 Å². The van der Waals surface area contributed by atoms with Crippen molar-refractivity contribution in [2.75, 3.05) is 5.88 Å². The van der Waals surface area contributed by atoms with Gasteiger partial charge in [-0.25, -0.2) is 0 Å². The highest BCUT2D eigenvalue weighted by Gasteiger charge is 2.36. The largest absolute Gasteiger partial charge is 0.295 e. The highest BCUT2D eigenvalue weighted by molar-refractivity contribution is 6.19. The third-order valence-electron chi connectivity index (χ3n) is 3.49. The molecule has 15 heavy (non-hydrogen) atoms. The third kappa shape index (κ3) is 1.81. The minimum absolute atomic E-state index is 0.0531. The molecule has 0 aromatic rings. The van der Waals surface area contributed by atoms with Gasteiger partial charge in [-0.05, 0) is 24.5 Å². The van der Waals surface area contributed by atoms with Crippen LogP contribution in [0.1, 0.15) is 26.2 Å². The Hall–Kier alpha value is -0.820. The summed E-state index contributed by atoms with van der Waals surface area (Å²) in [6, 6.07) is 0. The lowest BCUT2D eigenvalue weighted by Gasteiger charge is -2.38. The molecule has 0 N–H and O–H groups in total. The minimum Gasteiger partial charge on any atom is -0.295 e. The first kappa shape index (κ1) is 10.7. The number of hydrogen-bond donors (Lipinski definition) is 0. The third-order valence-corrected chi connectivity index (χ3v) is 3.65. The van der Waals surface area contributed by atoms with E-state index in [0.717, 1.165) is 18.4 Å². The molecule has 2 heteroatoms. The average molecular weight is 223 g/mol. The molecule has 80 valence electrons. The van der Waals surface area contributed by atoms with Crippen molar-refractivity contribution in [3.63, 3.8) is 0 Å². The number of allylic oxidation sites excluding steroid dienone is 6. The summed E-state index contributed by atoms with van der Waals surface area (Å²) in [5.41, 5.74) is 2.57. The fourth-order valence-corrected chi connectivity index (χ4v) is 2.63. The molecule has 0 bridgehead atoms. The Morgan fingerprint density at radius 2 is 2.40 bits per heavy atom. The van der Waals surface area contributed by atoms with Crippen LogP contribution in [0.4, 0.5) is 0 Å². The second-order valence-corrected chi connectivity index (χ2v) is 4.70. The summed E-state index contributed by atoms with van der Waals surface area (Å²) in [5, 5.41) is 0. The number of carbonyl (C=O) groups excluding carboxylic acids is 1. The van der Waals surface area contributed by atoms with Crippen molar-refractivity contribution in [1.29, 1.82) is 0 Å². The maximum atomic E-state index is 11.4. The predicted molar refractivity (Wildman–Crippen MR) is 63.0 cm³/mol. The molecule has 0 aromatic heterocycles. The number of halogens is 1. The first-order chi connectivity index (χ1) is 7.16. The van der Waals surface area contributed by atoms with Gasteiger partial charge in [-0.3, -0.25) is 4.79 Å². The van der Waals surface area contributed by atoms with Crippen LogP contribution in [0.5, 0.6) is 0 Å². The van der Waals surface area contributed by atoms with Crippen molar-refractivity contribution in [3.8, 4) is 0 Å². The fraction of sp³-hybridized carbons (Fsp3) is 0.462. The van der Waals surface area contributed by atoms with Gasteiger partial charge < -0.3 is 0 Å². The Bertz CT molecular complexity index is 376. The topological polar surface area (TPSA) is 17.1 Å². The maximum Gasteiger partial charge on any atom is 0.156 e. The summed E-state index contributed by atoms with van der Waals surface area (Å²) < 4.78 is 0. The Morgan fingerprint density at radius 1 is 1.60 bits per heavy atom. The molecule has 0 spiro atoms. The van der Waals surface area contributed by atoms with Crippen molar-refractivity contribution >= 4 is 17.4 Å². The highest BCUT2D eigenvalue weighted by atomic mass is 35.5. The highest BCUT2D eigenvalue weighted by Crippen LogP contribution is 2.47. The number of hydrogen-bond acceptors (Lipinski definition) is 1. The number of carbonyl (C=O) groups is 1. The van der Waals surface area contributed by atoms with Crippen molar-refractivity contribution in [3.05, 3.63) is 35.5 Å². The van der Waals surface area contributed by atoms with E-state index in [4.69, 9.17) is 11.6 Å². The lowest BCUT2D eigenvalue weighted by Crippen LogP contribution is -2.28. The van der Waals surface area contributed by atoms with E-state index >= 15 is 0 Å². The number of fused-ring (bicyclic) bond motifs is 1. The van der Waals surface area contributed by atoms with E-state index in [1.54, 1.807) is 6.08 Å². The first-order valence-corrected chi connectivity index (χ1v) is 5.87. The van der Waals surface area contributed by atoms with Gasteiger partial charge in [0.1, 0.15) is 0 Å². The van der Waals surface area contributed by atoms with Crippen LogP contribution in [0.25, 0.3) is 0 Å². The zero-order valence-electron chi connectivity index (χ0n) is 8.92. The van der Waals surface area contributed by atoms with Crippen LogP contribution < -0.4 is 0 Å². The van der Waals surface area contributed by atoms with Gasteiger partial charge in [0.15, 0.2) is 5.78 Å². The fourth-order valence-electron chi connectivity index (χ4n) is 2.44. The van der Waals surface area contributed by atoms with Gasteiger partial charge in [0.25, 0.3) is 0 Å². The van der Waals surface area contributed by atoms with Gasteiger partial charge in [0, 0.05) is 17.7 Å². The Kier molecular flexibility index (Phi) is 2.83.